The number of hydrogen-bond acceptors (Lipinski definition) is 4. The van der Waals surface area contributed by atoms with E-state index < -0.39 is 17.9 Å². The highest BCUT2D eigenvalue weighted by Crippen LogP contribution is 1.88. The highest BCUT2D eigenvalue weighted by Gasteiger charge is 2.08. The van der Waals surface area contributed by atoms with Gasteiger partial charge in [0.1, 0.15) is 0 Å². The number of aliphatic carboxylic acids is 1. The second kappa shape index (κ2) is 8.51. The van der Waals surface area contributed by atoms with E-state index in [-0.39, 0.29) is 12.8 Å². The summed E-state index contributed by atoms with van der Waals surface area (Å²) in [7, 11) is 1.91. The average molecular weight is 245 g/mol. The summed E-state index contributed by atoms with van der Waals surface area (Å²) in [4.78, 5) is 34.4. The maximum Gasteiger partial charge on any atom is 0.321 e. The fourth-order valence-electron chi connectivity index (χ4n) is 0.972. The molecule has 0 aromatic heterocycles. The molecule has 0 saturated heterocycles. The van der Waals surface area contributed by atoms with Gasteiger partial charge < -0.3 is 15.3 Å². The number of carboxylic acid groups (broad SMARTS) is 1. The molecule has 98 valence electrons. The van der Waals surface area contributed by atoms with Crippen molar-refractivity contribution >= 4 is 17.9 Å². The summed E-state index contributed by atoms with van der Waals surface area (Å²) >= 11 is 0. The van der Waals surface area contributed by atoms with E-state index in [0.29, 0.717) is 13.1 Å². The zero-order valence-corrected chi connectivity index (χ0v) is 10.2. The van der Waals surface area contributed by atoms with Crippen LogP contribution < -0.4 is 10.6 Å². The minimum Gasteiger partial charge on any atom is -0.481 e. The maximum atomic E-state index is 11.2. The van der Waals surface area contributed by atoms with E-state index in [4.69, 9.17) is 5.11 Å². The number of carbonyl (C=O) groups excluding carboxylic acids is 2. The Morgan fingerprint density at radius 3 is 2.41 bits per heavy atom. The van der Waals surface area contributed by atoms with Gasteiger partial charge in [-0.25, -0.2) is 4.79 Å². The van der Waals surface area contributed by atoms with Crippen molar-refractivity contribution in [1.82, 2.24) is 15.5 Å². The van der Waals surface area contributed by atoms with Gasteiger partial charge >= 0.3 is 12.0 Å². The lowest BCUT2D eigenvalue weighted by Crippen LogP contribution is -2.42. The van der Waals surface area contributed by atoms with Crippen LogP contribution in [0.5, 0.6) is 0 Å². The van der Waals surface area contributed by atoms with Crippen LogP contribution in [-0.4, -0.2) is 54.6 Å². The van der Waals surface area contributed by atoms with Gasteiger partial charge in [-0.15, -0.1) is 0 Å². The first-order valence-corrected chi connectivity index (χ1v) is 5.43. The van der Waals surface area contributed by atoms with Crippen LogP contribution in [0.15, 0.2) is 0 Å². The van der Waals surface area contributed by atoms with Gasteiger partial charge in [0.05, 0.1) is 6.42 Å². The molecule has 0 atom stereocenters. The van der Waals surface area contributed by atoms with Crippen LogP contribution in [0.2, 0.25) is 0 Å². The molecule has 0 aliphatic heterocycles. The Labute approximate surface area is 100 Å². The Kier molecular flexibility index (Phi) is 7.70. The third-order valence-corrected chi connectivity index (χ3v) is 2.14. The first-order valence-electron chi connectivity index (χ1n) is 5.43. The fraction of sp³-hybridized carbons (Fsp3) is 0.700. The molecule has 0 fully saturated rings. The van der Waals surface area contributed by atoms with Crippen molar-refractivity contribution < 1.29 is 19.5 Å². The van der Waals surface area contributed by atoms with E-state index in [1.807, 2.05) is 18.9 Å². The molecule has 7 nitrogen and oxygen atoms in total. The number of nitrogens with one attached hydrogen (secondary N) is 2. The van der Waals surface area contributed by atoms with E-state index in [1.54, 1.807) is 0 Å². The summed E-state index contributed by atoms with van der Waals surface area (Å²) in [5, 5.41) is 12.9. The summed E-state index contributed by atoms with van der Waals surface area (Å²) in [6.07, 6.45) is -0.477. The molecule has 0 rings (SSSR count). The largest absolute Gasteiger partial charge is 0.481 e. The number of imide groups is 1. The third kappa shape index (κ3) is 9.31. The van der Waals surface area contributed by atoms with Gasteiger partial charge in [-0.3, -0.25) is 14.9 Å². The molecule has 3 amide bonds. The van der Waals surface area contributed by atoms with Gasteiger partial charge in [0.2, 0.25) is 5.91 Å². The molecule has 0 unspecified atom stereocenters. The molecule has 0 spiro atoms. The van der Waals surface area contributed by atoms with Crippen LogP contribution in [0.4, 0.5) is 4.79 Å². The molecule has 0 aliphatic rings. The number of amides is 3. The number of likely N-dealkylation sites (N-methyl/N-ethyl adjacent to an activating group) is 1. The molecule has 0 saturated carbocycles. The van der Waals surface area contributed by atoms with Crippen molar-refractivity contribution in [2.24, 2.45) is 0 Å². The van der Waals surface area contributed by atoms with Crippen molar-refractivity contribution in [3.63, 3.8) is 0 Å². The Balaban J connectivity index is 3.64. The van der Waals surface area contributed by atoms with Gasteiger partial charge in [-0.2, -0.15) is 0 Å². The Morgan fingerprint density at radius 1 is 1.24 bits per heavy atom. The molecule has 0 aliphatic carbocycles. The van der Waals surface area contributed by atoms with Crippen molar-refractivity contribution in [2.45, 2.75) is 19.8 Å². The average Bonchev–Trinajstić information content (AvgIpc) is 2.26. The smallest absolute Gasteiger partial charge is 0.321 e. The van der Waals surface area contributed by atoms with Crippen molar-refractivity contribution in [3.8, 4) is 0 Å². The number of urea groups is 1. The highest BCUT2D eigenvalue weighted by molar-refractivity contribution is 5.95. The second-order valence-corrected chi connectivity index (χ2v) is 3.59. The summed E-state index contributed by atoms with van der Waals surface area (Å²) in [5.41, 5.74) is 0. The summed E-state index contributed by atoms with van der Waals surface area (Å²) in [5.74, 6) is -1.65. The number of rotatable bonds is 7. The zero-order valence-electron chi connectivity index (χ0n) is 10.2. The van der Waals surface area contributed by atoms with Crippen LogP contribution in [0, 0.1) is 0 Å². The summed E-state index contributed by atoms with van der Waals surface area (Å²) in [6.45, 7) is 3.99. The first kappa shape index (κ1) is 15.4. The standard InChI is InChI=1S/C10H19N3O4/c1-3-13(2)7-6-11-10(17)12-8(14)4-5-9(15)16/h3-7H2,1-2H3,(H,15,16)(H2,11,12,14,17). The van der Waals surface area contributed by atoms with E-state index in [9.17, 15) is 14.4 Å². The zero-order chi connectivity index (χ0) is 13.3. The van der Waals surface area contributed by atoms with Gasteiger partial charge in [0, 0.05) is 19.5 Å². The molecule has 0 bridgehead atoms. The predicted molar refractivity (Wildman–Crippen MR) is 61.6 cm³/mol. The lowest BCUT2D eigenvalue weighted by atomic mass is 10.3. The van der Waals surface area contributed by atoms with Crippen LogP contribution in [0.3, 0.4) is 0 Å². The van der Waals surface area contributed by atoms with Gasteiger partial charge in [0.25, 0.3) is 0 Å². The topological polar surface area (TPSA) is 98.7 Å². The molecule has 0 aromatic carbocycles. The molecule has 0 aromatic rings. The minimum atomic E-state index is -1.06. The molecule has 7 heteroatoms. The highest BCUT2D eigenvalue weighted by atomic mass is 16.4. The van der Waals surface area contributed by atoms with Crippen LogP contribution in [0.1, 0.15) is 19.8 Å². The van der Waals surface area contributed by atoms with E-state index in [2.05, 4.69) is 10.6 Å². The number of hydrogen-bond donors (Lipinski definition) is 3. The maximum absolute atomic E-state index is 11.2. The molecule has 17 heavy (non-hydrogen) atoms. The fourth-order valence-corrected chi connectivity index (χ4v) is 0.972. The van der Waals surface area contributed by atoms with E-state index >= 15 is 0 Å². The minimum absolute atomic E-state index is 0.197. The molecular formula is C10H19N3O4. The number of carbonyl (C=O) groups is 3. The van der Waals surface area contributed by atoms with Crippen molar-refractivity contribution in [1.29, 1.82) is 0 Å². The van der Waals surface area contributed by atoms with Crippen molar-refractivity contribution in [2.75, 3.05) is 26.7 Å². The van der Waals surface area contributed by atoms with Gasteiger partial charge in [-0.1, -0.05) is 6.92 Å². The molecule has 0 radical (unpaired) electrons. The molecule has 0 heterocycles. The van der Waals surface area contributed by atoms with Crippen molar-refractivity contribution in [3.05, 3.63) is 0 Å². The Hall–Kier alpha value is -1.63. The van der Waals surface area contributed by atoms with Crippen LogP contribution in [-0.2, 0) is 9.59 Å². The molecule has 3 N–H and O–H groups in total. The predicted octanol–water partition coefficient (Wildman–Crippen LogP) is -0.371. The quantitative estimate of drug-likeness (QED) is 0.568. The molecular weight excluding hydrogens is 226 g/mol. The van der Waals surface area contributed by atoms with Gasteiger partial charge in [0.15, 0.2) is 0 Å². The Bertz CT molecular complexity index is 281. The summed E-state index contributed by atoms with van der Waals surface area (Å²) < 4.78 is 0. The first-order chi connectivity index (χ1) is 7.95. The number of nitrogens with zero attached hydrogens (tertiary/aromatic N) is 1. The monoisotopic (exact) mass is 245 g/mol. The van der Waals surface area contributed by atoms with Gasteiger partial charge in [-0.05, 0) is 13.6 Å². The number of carboxylic acids is 1. The Morgan fingerprint density at radius 2 is 1.88 bits per heavy atom. The SMILES string of the molecule is CCN(C)CCNC(=O)NC(=O)CCC(=O)O. The van der Waals surface area contributed by atoms with Crippen LogP contribution in [0.25, 0.3) is 0 Å². The normalized spacial score (nSPS) is 10.1. The lowest BCUT2D eigenvalue weighted by Gasteiger charge is -2.13. The van der Waals surface area contributed by atoms with Crippen LogP contribution >= 0.6 is 0 Å². The third-order valence-electron chi connectivity index (χ3n) is 2.14. The lowest BCUT2D eigenvalue weighted by molar-refractivity contribution is -0.138. The second-order valence-electron chi connectivity index (χ2n) is 3.59. The summed E-state index contributed by atoms with van der Waals surface area (Å²) in [6, 6.07) is -0.593. The van der Waals surface area contributed by atoms with E-state index in [1.165, 1.54) is 0 Å². The van der Waals surface area contributed by atoms with E-state index in [0.717, 1.165) is 6.54 Å².